The summed E-state index contributed by atoms with van der Waals surface area (Å²) in [6.07, 6.45) is 5.55. The van der Waals surface area contributed by atoms with Gasteiger partial charge in [-0.15, -0.1) is 0 Å². The van der Waals surface area contributed by atoms with Gasteiger partial charge in [-0.25, -0.2) is 0 Å². The van der Waals surface area contributed by atoms with E-state index in [9.17, 15) is 0 Å². The summed E-state index contributed by atoms with van der Waals surface area (Å²) in [6.45, 7) is 15.2. The molecule has 2 fully saturated rings. The van der Waals surface area contributed by atoms with Crippen molar-refractivity contribution in [3.05, 3.63) is 0 Å². The molecule has 2 aliphatic heterocycles. The highest BCUT2D eigenvalue weighted by atomic mass is 15.0. The van der Waals surface area contributed by atoms with Crippen LogP contribution in [0.4, 0.5) is 0 Å². The topological polar surface area (TPSA) is 24.1 Å². The average Bonchev–Trinajstić information content (AvgIpc) is 2.44. The van der Waals surface area contributed by atoms with Gasteiger partial charge in [0, 0.05) is 12.1 Å². The summed E-state index contributed by atoms with van der Waals surface area (Å²) in [5, 5.41) is 7.31. The molecule has 2 nitrogen and oxygen atoms in total. The van der Waals surface area contributed by atoms with Gasteiger partial charge in [-0.05, 0) is 51.1 Å². The zero-order valence-electron chi connectivity index (χ0n) is 13.6. The van der Waals surface area contributed by atoms with E-state index in [1.165, 1.54) is 38.8 Å². The Bertz CT molecular complexity index is 176. The molecule has 18 heavy (non-hydrogen) atoms. The molecular formula is C16H36N2. The van der Waals surface area contributed by atoms with Crippen molar-refractivity contribution in [2.45, 2.75) is 79.3 Å². The lowest BCUT2D eigenvalue weighted by Crippen LogP contribution is -2.51. The quantitative estimate of drug-likeness (QED) is 0.745. The third-order valence-electron chi connectivity index (χ3n) is 4.02. The Balaban J connectivity index is 0.000000659. The summed E-state index contributed by atoms with van der Waals surface area (Å²) in [5.74, 6) is 1.76. The van der Waals surface area contributed by atoms with Gasteiger partial charge in [-0.2, -0.15) is 0 Å². The van der Waals surface area contributed by atoms with Crippen LogP contribution in [0, 0.1) is 11.8 Å². The maximum Gasteiger partial charge on any atom is 0.0110 e. The molecule has 0 aromatic carbocycles. The molecule has 0 aliphatic carbocycles. The van der Waals surface area contributed by atoms with Crippen molar-refractivity contribution in [1.82, 2.24) is 10.6 Å². The van der Waals surface area contributed by atoms with Crippen LogP contribution >= 0.6 is 0 Å². The van der Waals surface area contributed by atoms with Crippen LogP contribution in [-0.2, 0) is 0 Å². The molecule has 2 heterocycles. The molecule has 2 aliphatic rings. The number of hydrogen-bond donors (Lipinski definition) is 2. The molecule has 2 heteroatoms. The molecule has 0 radical (unpaired) electrons. The van der Waals surface area contributed by atoms with Gasteiger partial charge in [0.05, 0.1) is 0 Å². The molecule has 0 saturated carbocycles. The van der Waals surface area contributed by atoms with E-state index in [1.54, 1.807) is 0 Å². The lowest BCUT2D eigenvalue weighted by atomic mass is 9.78. The lowest BCUT2D eigenvalue weighted by molar-refractivity contribution is 0.164. The Kier molecular flexibility index (Phi) is 10.8. The molecule has 0 aromatic rings. The molecule has 110 valence electrons. The van der Waals surface area contributed by atoms with Gasteiger partial charge in [-0.3, -0.25) is 0 Å². The lowest BCUT2D eigenvalue weighted by Gasteiger charge is -2.40. The maximum absolute atomic E-state index is 3.69. The largest absolute Gasteiger partial charge is 0.314 e. The smallest absolute Gasteiger partial charge is 0.0110 e. The monoisotopic (exact) mass is 256 g/mol. The first-order valence-electron chi connectivity index (χ1n) is 8.24. The van der Waals surface area contributed by atoms with E-state index in [4.69, 9.17) is 0 Å². The Labute approximate surface area is 115 Å². The minimum absolute atomic E-state index is 0.727. The summed E-state index contributed by atoms with van der Waals surface area (Å²) >= 11 is 0. The summed E-state index contributed by atoms with van der Waals surface area (Å²) in [7, 11) is 0. The first kappa shape index (κ1) is 17.9. The number of nitrogens with one attached hydrogen (secondary N) is 2. The number of rotatable bonds is 1. The molecule has 2 saturated heterocycles. The summed E-state index contributed by atoms with van der Waals surface area (Å²) in [4.78, 5) is 0. The van der Waals surface area contributed by atoms with E-state index >= 15 is 0 Å². The van der Waals surface area contributed by atoms with E-state index in [1.807, 2.05) is 27.7 Å². The van der Waals surface area contributed by atoms with Crippen LogP contribution < -0.4 is 10.6 Å². The summed E-state index contributed by atoms with van der Waals surface area (Å²) < 4.78 is 0. The van der Waals surface area contributed by atoms with Crippen LogP contribution in [-0.4, -0.2) is 25.2 Å². The fourth-order valence-electron chi connectivity index (χ4n) is 3.14. The predicted molar refractivity (Wildman–Crippen MR) is 83.1 cm³/mol. The van der Waals surface area contributed by atoms with Crippen molar-refractivity contribution < 1.29 is 0 Å². The van der Waals surface area contributed by atoms with E-state index < -0.39 is 0 Å². The molecule has 0 aromatic heterocycles. The number of hydrogen-bond acceptors (Lipinski definition) is 2. The van der Waals surface area contributed by atoms with E-state index in [2.05, 4.69) is 24.5 Å². The van der Waals surface area contributed by atoms with Gasteiger partial charge in [0.2, 0.25) is 0 Å². The fourth-order valence-corrected chi connectivity index (χ4v) is 3.14. The van der Waals surface area contributed by atoms with Gasteiger partial charge < -0.3 is 10.6 Å². The van der Waals surface area contributed by atoms with Crippen LogP contribution in [0.15, 0.2) is 0 Å². The molecule has 4 atom stereocenters. The van der Waals surface area contributed by atoms with Gasteiger partial charge in [0.15, 0.2) is 0 Å². The van der Waals surface area contributed by atoms with Crippen LogP contribution in [0.1, 0.15) is 67.2 Å². The van der Waals surface area contributed by atoms with Crippen molar-refractivity contribution in [2.75, 3.05) is 13.1 Å². The SMILES string of the molecule is CC.CC.CC1C[C@@H](C)NC[C@H]1C1CCCCN1. The highest BCUT2D eigenvalue weighted by Crippen LogP contribution is 2.28. The second-order valence-corrected chi connectivity index (χ2v) is 5.24. The second-order valence-electron chi connectivity index (χ2n) is 5.24. The molecular weight excluding hydrogens is 220 g/mol. The van der Waals surface area contributed by atoms with Crippen LogP contribution in [0.3, 0.4) is 0 Å². The number of piperidine rings is 2. The first-order valence-corrected chi connectivity index (χ1v) is 8.24. The second kappa shape index (κ2) is 10.8. The van der Waals surface area contributed by atoms with Crippen molar-refractivity contribution >= 4 is 0 Å². The van der Waals surface area contributed by atoms with E-state index in [0.29, 0.717) is 0 Å². The predicted octanol–water partition coefficient (Wildman–Crippen LogP) is 3.82. The minimum atomic E-state index is 0.727. The zero-order chi connectivity index (χ0) is 14.0. The Morgan fingerprint density at radius 2 is 1.56 bits per heavy atom. The normalized spacial score (nSPS) is 35.7. The van der Waals surface area contributed by atoms with Crippen LogP contribution in [0.2, 0.25) is 0 Å². The van der Waals surface area contributed by atoms with Gasteiger partial charge in [0.25, 0.3) is 0 Å². The molecule has 0 amide bonds. The zero-order valence-corrected chi connectivity index (χ0v) is 13.6. The summed E-state index contributed by atoms with van der Waals surface area (Å²) in [6, 6.07) is 1.52. The first-order chi connectivity index (χ1) is 8.77. The van der Waals surface area contributed by atoms with E-state index in [-0.39, 0.29) is 0 Å². The van der Waals surface area contributed by atoms with Gasteiger partial charge in [-0.1, -0.05) is 41.0 Å². The van der Waals surface area contributed by atoms with Crippen LogP contribution in [0.5, 0.6) is 0 Å². The minimum Gasteiger partial charge on any atom is -0.314 e. The van der Waals surface area contributed by atoms with Gasteiger partial charge >= 0.3 is 0 Å². The molecule has 0 spiro atoms. The van der Waals surface area contributed by atoms with E-state index in [0.717, 1.165) is 23.9 Å². The molecule has 0 bridgehead atoms. The third kappa shape index (κ3) is 5.71. The highest BCUT2D eigenvalue weighted by Gasteiger charge is 2.31. The maximum atomic E-state index is 3.69. The Morgan fingerprint density at radius 3 is 2.06 bits per heavy atom. The Hall–Kier alpha value is -0.0800. The summed E-state index contributed by atoms with van der Waals surface area (Å²) in [5.41, 5.74) is 0. The molecule has 2 N–H and O–H groups in total. The molecule has 2 unspecified atom stereocenters. The third-order valence-corrected chi connectivity index (χ3v) is 4.02. The van der Waals surface area contributed by atoms with Crippen molar-refractivity contribution in [1.29, 1.82) is 0 Å². The highest BCUT2D eigenvalue weighted by molar-refractivity contribution is 4.89. The average molecular weight is 256 g/mol. The standard InChI is InChI=1S/C12H24N2.2C2H6/c1-9-7-10(2)14-8-11(9)12-5-3-4-6-13-12;2*1-2/h9-14H,3-8H2,1-2H3;2*1-2H3/t9?,10-,11-,12?;;/m1../s1. The van der Waals surface area contributed by atoms with Gasteiger partial charge in [0.1, 0.15) is 0 Å². The van der Waals surface area contributed by atoms with Crippen molar-refractivity contribution in [3.8, 4) is 0 Å². The Morgan fingerprint density at radius 1 is 0.889 bits per heavy atom. The fraction of sp³-hybridized carbons (Fsp3) is 1.00. The van der Waals surface area contributed by atoms with Crippen molar-refractivity contribution in [2.24, 2.45) is 11.8 Å². The van der Waals surface area contributed by atoms with Crippen LogP contribution in [0.25, 0.3) is 0 Å². The van der Waals surface area contributed by atoms with Crippen molar-refractivity contribution in [3.63, 3.8) is 0 Å². The molecule has 2 rings (SSSR count).